The van der Waals surface area contributed by atoms with E-state index in [0.29, 0.717) is 0 Å². The van der Waals surface area contributed by atoms with Gasteiger partial charge < -0.3 is 5.73 Å². The van der Waals surface area contributed by atoms with Gasteiger partial charge in [0.25, 0.3) is 26.1 Å². The summed E-state index contributed by atoms with van der Waals surface area (Å²) in [6.07, 6.45) is 0. The van der Waals surface area contributed by atoms with Crippen molar-refractivity contribution in [2.75, 3.05) is 0 Å². The van der Waals surface area contributed by atoms with Gasteiger partial charge in [0.15, 0.2) is 0 Å². The van der Waals surface area contributed by atoms with E-state index in [-0.39, 0.29) is 16.6 Å². The third-order valence-electron chi connectivity index (χ3n) is 3.70. The van der Waals surface area contributed by atoms with Crippen molar-refractivity contribution in [2.24, 2.45) is 5.73 Å². The molecule has 136 valence electrons. The maximum atomic E-state index is 12.8. The maximum Gasteiger partial charge on any atom is 0.296 e. The zero-order chi connectivity index (χ0) is 19.4. The van der Waals surface area contributed by atoms with Crippen LogP contribution >= 0.6 is 0 Å². The first-order valence-corrected chi connectivity index (χ1v) is 9.66. The average molecular weight is 398 g/mol. The van der Waals surface area contributed by atoms with Crippen LogP contribution in [0, 0.1) is 0 Å². The molecule has 2 bridgehead atoms. The lowest BCUT2D eigenvalue weighted by atomic mass is 10.1. The van der Waals surface area contributed by atoms with Crippen molar-refractivity contribution >= 4 is 43.1 Å². The van der Waals surface area contributed by atoms with Crippen molar-refractivity contribution in [1.82, 2.24) is 4.57 Å². The van der Waals surface area contributed by atoms with Crippen LogP contribution in [-0.2, 0) is 20.2 Å². The van der Waals surface area contributed by atoms with E-state index in [2.05, 4.69) is 0 Å². The Morgan fingerprint density at radius 2 is 1.50 bits per heavy atom. The molecule has 3 aromatic rings. The number of benzene rings is 2. The van der Waals surface area contributed by atoms with Gasteiger partial charge in [-0.2, -0.15) is 16.8 Å². The van der Waals surface area contributed by atoms with Gasteiger partial charge in [0.05, 0.1) is 16.6 Å². The highest BCUT2D eigenvalue weighted by Gasteiger charge is 2.28. The van der Waals surface area contributed by atoms with Crippen LogP contribution in [0.3, 0.4) is 0 Å². The predicted octanol–water partition coefficient (Wildman–Crippen LogP) is 0.360. The number of hydrogen-bond acceptors (Lipinski definition) is 6. The van der Waals surface area contributed by atoms with E-state index in [1.165, 1.54) is 12.1 Å². The normalized spacial score (nSPS) is 12.5. The Bertz CT molecular complexity index is 1270. The summed E-state index contributed by atoms with van der Waals surface area (Å²) in [7, 11) is -9.51. The minimum Gasteiger partial charge on any atom is -0.366 e. The van der Waals surface area contributed by atoms with Crippen molar-refractivity contribution in [3.8, 4) is 0 Å². The number of amides is 1. The summed E-state index contributed by atoms with van der Waals surface area (Å²) < 4.78 is 65.4. The van der Waals surface area contributed by atoms with Crippen molar-refractivity contribution in [1.29, 1.82) is 0 Å². The number of nitrogens with two attached hydrogens (primary N) is 1. The van der Waals surface area contributed by atoms with Crippen LogP contribution in [0.15, 0.2) is 46.2 Å². The largest absolute Gasteiger partial charge is 0.366 e. The summed E-state index contributed by atoms with van der Waals surface area (Å²) in [6, 6.07) is 6.46. The van der Waals surface area contributed by atoms with Crippen LogP contribution in [-0.4, -0.2) is 42.3 Å². The Morgan fingerprint density at radius 1 is 0.885 bits per heavy atom. The molecule has 2 aromatic heterocycles. The number of primary amides is 1. The smallest absolute Gasteiger partial charge is 0.296 e. The van der Waals surface area contributed by atoms with E-state index in [0.717, 1.165) is 28.8 Å². The first-order valence-electron chi connectivity index (χ1n) is 6.78. The summed E-state index contributed by atoms with van der Waals surface area (Å²) in [6.45, 7) is 0. The van der Waals surface area contributed by atoms with Crippen molar-refractivity contribution in [3.05, 3.63) is 47.5 Å². The Morgan fingerprint density at radius 3 is 2.00 bits per heavy atom. The van der Waals surface area contributed by atoms with Crippen LogP contribution in [0.25, 0.3) is 11.0 Å². The molecule has 0 aliphatic carbocycles. The predicted molar refractivity (Wildman–Crippen MR) is 87.4 cm³/mol. The minimum atomic E-state index is -4.90. The zero-order valence-corrected chi connectivity index (χ0v) is 14.3. The van der Waals surface area contributed by atoms with Crippen molar-refractivity contribution in [2.45, 2.75) is 9.79 Å². The molecular formula is C14H10N2O8S2. The molecule has 0 aliphatic heterocycles. The van der Waals surface area contributed by atoms with Gasteiger partial charge in [-0.05, 0) is 36.4 Å². The molecule has 0 unspecified atom stereocenters. The first-order chi connectivity index (χ1) is 11.9. The summed E-state index contributed by atoms with van der Waals surface area (Å²) in [4.78, 5) is 22.6. The van der Waals surface area contributed by atoms with Crippen LogP contribution in [0.5, 0.6) is 0 Å². The second-order valence-corrected chi connectivity index (χ2v) is 8.10. The van der Waals surface area contributed by atoms with Gasteiger partial charge in [-0.15, -0.1) is 0 Å². The second kappa shape index (κ2) is 5.60. The topological polar surface area (TPSA) is 174 Å². The monoisotopic (exact) mass is 398 g/mol. The van der Waals surface area contributed by atoms with Gasteiger partial charge in [0.2, 0.25) is 5.91 Å². The zero-order valence-electron chi connectivity index (χ0n) is 12.6. The van der Waals surface area contributed by atoms with Gasteiger partial charge in [-0.25, -0.2) is 0 Å². The van der Waals surface area contributed by atoms with Gasteiger partial charge in [0, 0.05) is 5.56 Å². The lowest BCUT2D eigenvalue weighted by Crippen LogP contribution is -2.18. The molecule has 12 heteroatoms. The molecule has 10 nitrogen and oxygen atoms in total. The molecule has 26 heavy (non-hydrogen) atoms. The summed E-state index contributed by atoms with van der Waals surface area (Å²) in [5.41, 5.74) is 4.20. The Balaban J connectivity index is 2.25. The molecule has 0 radical (unpaired) electrons. The molecular weight excluding hydrogens is 388 g/mol. The van der Waals surface area contributed by atoms with E-state index in [4.69, 9.17) is 5.73 Å². The van der Waals surface area contributed by atoms with Crippen LogP contribution in [0.2, 0.25) is 0 Å². The van der Waals surface area contributed by atoms with Crippen LogP contribution in [0.4, 0.5) is 0 Å². The Hall–Kier alpha value is -2.80. The highest BCUT2D eigenvalue weighted by atomic mass is 32.2. The number of rotatable bonds is 4. The molecule has 1 amide bonds. The molecule has 3 rings (SSSR count). The van der Waals surface area contributed by atoms with E-state index in [1.54, 1.807) is 0 Å². The number of aromatic nitrogens is 1. The Kier molecular flexibility index (Phi) is 3.88. The lowest BCUT2D eigenvalue weighted by molar-refractivity contribution is 0.0962. The Labute approximate surface area is 146 Å². The maximum absolute atomic E-state index is 12.8. The average Bonchev–Trinajstić information content (AvgIpc) is 3.10. The molecule has 0 fully saturated rings. The van der Waals surface area contributed by atoms with Gasteiger partial charge >= 0.3 is 0 Å². The van der Waals surface area contributed by atoms with Crippen LogP contribution < -0.4 is 5.73 Å². The standard InChI is InChI=1S/C14H10N2O8S2/c15-13(17)7-1-3-9(11(5-7)25(19,20)21)14(18)16-8-2-4-10(16)12(6-8)26(22,23)24/h1-6H,(H2,15,17)(H,19,20,21)(H,22,23,24). The van der Waals surface area contributed by atoms with Gasteiger partial charge in [-0.1, -0.05) is 0 Å². The molecule has 0 atom stereocenters. The number of fused-ring (bicyclic) bond motifs is 2. The SMILES string of the molecule is NC(=O)c1ccc(C(=O)n2c3ccc2c(S(=O)(=O)O)c3)c(S(=O)(=O)O)c1. The number of nitrogens with zero attached hydrogens (tertiary/aromatic N) is 1. The number of carbonyl (C=O) groups is 2. The van der Waals surface area contributed by atoms with E-state index >= 15 is 0 Å². The molecule has 0 saturated carbocycles. The molecule has 1 aromatic carbocycles. The third kappa shape index (κ3) is 2.84. The van der Waals surface area contributed by atoms with Crippen molar-refractivity contribution < 1.29 is 35.5 Å². The summed E-state index contributed by atoms with van der Waals surface area (Å²) in [5, 5.41) is 0. The third-order valence-corrected chi connectivity index (χ3v) is 5.47. The highest BCUT2D eigenvalue weighted by molar-refractivity contribution is 7.86. The van der Waals surface area contributed by atoms with Gasteiger partial charge in [-0.3, -0.25) is 23.3 Å². The van der Waals surface area contributed by atoms with E-state index in [9.17, 15) is 35.5 Å². The summed E-state index contributed by atoms with van der Waals surface area (Å²) in [5.74, 6) is -1.96. The van der Waals surface area contributed by atoms with Crippen LogP contribution in [0.1, 0.15) is 20.7 Å². The highest BCUT2D eigenvalue weighted by Crippen LogP contribution is 2.29. The van der Waals surface area contributed by atoms with E-state index in [1.807, 2.05) is 0 Å². The molecule has 4 N–H and O–H groups in total. The van der Waals surface area contributed by atoms with Gasteiger partial charge in [0.1, 0.15) is 9.79 Å². The number of hydrogen-bond donors (Lipinski definition) is 3. The molecule has 2 heterocycles. The molecule has 0 spiro atoms. The fourth-order valence-electron chi connectivity index (χ4n) is 2.59. The fraction of sp³-hybridized carbons (Fsp3) is 0. The first kappa shape index (κ1) is 18.0. The lowest BCUT2D eigenvalue weighted by Gasteiger charge is -2.09. The van der Waals surface area contributed by atoms with E-state index < -0.39 is 47.4 Å². The fourth-order valence-corrected chi connectivity index (χ4v) is 3.99. The quantitative estimate of drug-likeness (QED) is 0.528. The minimum absolute atomic E-state index is 0.0814. The molecule has 0 aliphatic rings. The molecule has 0 saturated heterocycles. The number of carbonyl (C=O) groups excluding carboxylic acids is 2. The summed E-state index contributed by atoms with van der Waals surface area (Å²) >= 11 is 0. The van der Waals surface area contributed by atoms with Crippen molar-refractivity contribution in [3.63, 3.8) is 0 Å². The second-order valence-electron chi connectivity index (χ2n) is 5.32.